The summed E-state index contributed by atoms with van der Waals surface area (Å²) in [6, 6.07) is 11.0. The van der Waals surface area contributed by atoms with Crippen molar-refractivity contribution in [3.63, 3.8) is 0 Å². The van der Waals surface area contributed by atoms with Crippen molar-refractivity contribution in [3.8, 4) is 0 Å². The van der Waals surface area contributed by atoms with Gasteiger partial charge in [-0.15, -0.1) is 11.3 Å². The number of hydrogen-bond acceptors (Lipinski definition) is 4. The summed E-state index contributed by atoms with van der Waals surface area (Å²) in [4.78, 5) is 0.979. The van der Waals surface area contributed by atoms with Crippen molar-refractivity contribution >= 4 is 21.4 Å². The van der Waals surface area contributed by atoms with Gasteiger partial charge in [-0.3, -0.25) is 0 Å². The summed E-state index contributed by atoms with van der Waals surface area (Å²) in [5, 5.41) is 0. The van der Waals surface area contributed by atoms with Crippen LogP contribution < -0.4 is 10.5 Å². The van der Waals surface area contributed by atoms with Gasteiger partial charge in [0.1, 0.15) is 4.21 Å². The Bertz CT molecular complexity index is 646. The maximum Gasteiger partial charge on any atom is 0.250 e. The first-order chi connectivity index (χ1) is 9.01. The van der Waals surface area contributed by atoms with Crippen LogP contribution in [0.5, 0.6) is 0 Å². The van der Waals surface area contributed by atoms with Crippen molar-refractivity contribution < 1.29 is 8.42 Å². The van der Waals surface area contributed by atoms with Crippen LogP contribution in [0.25, 0.3) is 0 Å². The van der Waals surface area contributed by atoms with E-state index in [1.807, 2.05) is 31.2 Å². The minimum Gasteiger partial charge on any atom is -0.326 e. The summed E-state index contributed by atoms with van der Waals surface area (Å²) >= 11 is 1.27. The van der Waals surface area contributed by atoms with Gasteiger partial charge in [0.15, 0.2) is 0 Å². The van der Waals surface area contributed by atoms with E-state index in [2.05, 4.69) is 4.72 Å². The number of nitrogens with one attached hydrogen (secondary N) is 1. The number of rotatable bonds is 5. The smallest absolute Gasteiger partial charge is 0.250 e. The zero-order chi connectivity index (χ0) is 13.9. The lowest BCUT2D eigenvalue weighted by atomic mass is 10.1. The van der Waals surface area contributed by atoms with Crippen molar-refractivity contribution in [2.75, 3.05) is 0 Å². The first-order valence-electron chi connectivity index (χ1n) is 5.85. The fourth-order valence-corrected chi connectivity index (χ4v) is 3.94. The SMILES string of the molecule is Cc1ccc(S(=O)(=O)NCc2ccc(CN)cc2)s1. The summed E-state index contributed by atoms with van der Waals surface area (Å²) in [5.41, 5.74) is 7.45. The van der Waals surface area contributed by atoms with Crippen LogP contribution in [0.3, 0.4) is 0 Å². The summed E-state index contributed by atoms with van der Waals surface area (Å²) in [6.45, 7) is 2.65. The van der Waals surface area contributed by atoms with E-state index in [0.29, 0.717) is 10.8 Å². The normalized spacial score (nSPS) is 11.7. The summed E-state index contributed by atoms with van der Waals surface area (Å²) < 4.78 is 27.0. The van der Waals surface area contributed by atoms with Gasteiger partial charge in [0.05, 0.1) is 0 Å². The van der Waals surface area contributed by atoms with E-state index in [9.17, 15) is 8.42 Å². The van der Waals surface area contributed by atoms with Crippen molar-refractivity contribution in [1.82, 2.24) is 4.72 Å². The molecule has 19 heavy (non-hydrogen) atoms. The number of sulfonamides is 1. The molecule has 0 radical (unpaired) electrons. The molecule has 102 valence electrons. The molecule has 0 aliphatic rings. The molecule has 0 spiro atoms. The van der Waals surface area contributed by atoms with Gasteiger partial charge in [-0.25, -0.2) is 13.1 Å². The maximum absolute atomic E-state index is 12.0. The molecular formula is C13H16N2O2S2. The third-order valence-corrected chi connectivity index (χ3v) is 5.60. The molecule has 0 saturated heterocycles. The highest BCUT2D eigenvalue weighted by Crippen LogP contribution is 2.20. The molecule has 1 heterocycles. The van der Waals surface area contributed by atoms with Crippen molar-refractivity contribution in [1.29, 1.82) is 0 Å². The molecule has 2 aromatic rings. The number of benzene rings is 1. The molecule has 0 aliphatic carbocycles. The fraction of sp³-hybridized carbons (Fsp3) is 0.231. The lowest BCUT2D eigenvalue weighted by Gasteiger charge is -2.05. The molecule has 4 nitrogen and oxygen atoms in total. The van der Waals surface area contributed by atoms with Gasteiger partial charge >= 0.3 is 0 Å². The quantitative estimate of drug-likeness (QED) is 0.886. The Morgan fingerprint density at radius 2 is 1.74 bits per heavy atom. The van der Waals surface area contributed by atoms with Crippen molar-refractivity contribution in [2.45, 2.75) is 24.2 Å². The molecule has 6 heteroatoms. The number of aryl methyl sites for hydroxylation is 1. The summed E-state index contributed by atoms with van der Waals surface area (Å²) in [5.74, 6) is 0. The largest absolute Gasteiger partial charge is 0.326 e. The second-order valence-electron chi connectivity index (χ2n) is 4.21. The highest BCUT2D eigenvalue weighted by molar-refractivity contribution is 7.91. The van der Waals surface area contributed by atoms with E-state index >= 15 is 0 Å². The second-order valence-corrected chi connectivity index (χ2v) is 7.49. The van der Waals surface area contributed by atoms with E-state index in [1.165, 1.54) is 11.3 Å². The Kier molecular flexibility index (Phi) is 4.36. The predicted molar refractivity (Wildman–Crippen MR) is 77.4 cm³/mol. The van der Waals surface area contributed by atoms with E-state index in [1.54, 1.807) is 12.1 Å². The molecule has 3 N–H and O–H groups in total. The molecule has 2 rings (SSSR count). The van der Waals surface area contributed by atoms with Gasteiger partial charge in [-0.1, -0.05) is 24.3 Å². The highest BCUT2D eigenvalue weighted by Gasteiger charge is 2.15. The van der Waals surface area contributed by atoms with Crippen LogP contribution in [-0.4, -0.2) is 8.42 Å². The molecule has 1 aromatic heterocycles. The molecule has 0 unspecified atom stereocenters. The monoisotopic (exact) mass is 296 g/mol. The Hall–Kier alpha value is -1.21. The van der Waals surface area contributed by atoms with Gasteiger partial charge < -0.3 is 5.73 Å². The van der Waals surface area contributed by atoms with Crippen molar-refractivity contribution in [3.05, 3.63) is 52.4 Å². The van der Waals surface area contributed by atoms with Crippen LogP contribution in [0.1, 0.15) is 16.0 Å². The van der Waals surface area contributed by atoms with Gasteiger partial charge in [-0.2, -0.15) is 0 Å². The number of thiophene rings is 1. The fourth-order valence-electron chi connectivity index (χ4n) is 1.60. The van der Waals surface area contributed by atoms with Crippen LogP contribution in [0.2, 0.25) is 0 Å². The molecule has 0 atom stereocenters. The van der Waals surface area contributed by atoms with Gasteiger partial charge in [0.25, 0.3) is 0 Å². The standard InChI is InChI=1S/C13H16N2O2S2/c1-10-2-7-13(18-10)19(16,17)15-9-12-5-3-11(8-14)4-6-12/h2-7,15H,8-9,14H2,1H3. The molecule has 0 bridgehead atoms. The minimum absolute atomic E-state index is 0.282. The first-order valence-corrected chi connectivity index (χ1v) is 8.15. The van der Waals surface area contributed by atoms with E-state index in [4.69, 9.17) is 5.73 Å². The van der Waals surface area contributed by atoms with E-state index < -0.39 is 10.0 Å². The first kappa shape index (κ1) is 14.2. The molecule has 0 amide bonds. The van der Waals surface area contributed by atoms with Gasteiger partial charge in [-0.05, 0) is 30.2 Å². The Morgan fingerprint density at radius 3 is 2.26 bits per heavy atom. The van der Waals surface area contributed by atoms with E-state index in [0.717, 1.165) is 16.0 Å². The summed E-state index contributed by atoms with van der Waals surface area (Å²) in [6.07, 6.45) is 0. The molecule has 1 aromatic carbocycles. The third kappa shape index (κ3) is 3.63. The zero-order valence-electron chi connectivity index (χ0n) is 10.6. The van der Waals surface area contributed by atoms with Crippen LogP contribution in [-0.2, 0) is 23.1 Å². The molecule has 0 aliphatic heterocycles. The van der Waals surface area contributed by atoms with Crippen molar-refractivity contribution in [2.24, 2.45) is 5.73 Å². The second kappa shape index (κ2) is 5.83. The Balaban J connectivity index is 2.05. The highest BCUT2D eigenvalue weighted by atomic mass is 32.2. The third-order valence-electron chi connectivity index (χ3n) is 2.71. The lowest BCUT2D eigenvalue weighted by molar-refractivity contribution is 0.583. The van der Waals surface area contributed by atoms with Crippen LogP contribution in [0, 0.1) is 6.92 Å². The predicted octanol–water partition coefficient (Wildman–Crippen LogP) is 1.99. The summed E-state index contributed by atoms with van der Waals surface area (Å²) in [7, 11) is -3.41. The van der Waals surface area contributed by atoms with Gasteiger partial charge in [0.2, 0.25) is 10.0 Å². The van der Waals surface area contributed by atoms with E-state index in [-0.39, 0.29) is 6.54 Å². The maximum atomic E-state index is 12.0. The average Bonchev–Trinajstić information content (AvgIpc) is 2.85. The molecule has 0 saturated carbocycles. The number of nitrogens with two attached hydrogens (primary N) is 1. The average molecular weight is 296 g/mol. The molecular weight excluding hydrogens is 280 g/mol. The van der Waals surface area contributed by atoms with Crippen LogP contribution in [0.15, 0.2) is 40.6 Å². The van der Waals surface area contributed by atoms with Crippen LogP contribution >= 0.6 is 11.3 Å². The minimum atomic E-state index is -3.41. The van der Waals surface area contributed by atoms with Crippen LogP contribution in [0.4, 0.5) is 0 Å². The topological polar surface area (TPSA) is 72.2 Å². The Labute approximate surface area is 117 Å². The Morgan fingerprint density at radius 1 is 1.11 bits per heavy atom. The zero-order valence-corrected chi connectivity index (χ0v) is 12.2. The van der Waals surface area contributed by atoms with Gasteiger partial charge in [0, 0.05) is 18.0 Å². The number of hydrogen-bond donors (Lipinski definition) is 2. The lowest BCUT2D eigenvalue weighted by Crippen LogP contribution is -2.22. The molecule has 0 fully saturated rings.